The zero-order chi connectivity index (χ0) is 29.8. The number of fused-ring (bicyclic) bond motifs is 1. The summed E-state index contributed by atoms with van der Waals surface area (Å²) in [5, 5.41) is 9.48. The lowest BCUT2D eigenvalue weighted by atomic mass is 9.90. The zero-order valence-corrected chi connectivity index (χ0v) is 23.2. The first-order chi connectivity index (χ1) is 19.1. The molecular weight excluding hydrogens is 543 g/mol. The summed E-state index contributed by atoms with van der Waals surface area (Å²) in [4.78, 5) is 33.1. The van der Waals surface area contributed by atoms with Crippen LogP contribution in [0.25, 0.3) is 0 Å². The fraction of sp³-hybridized carbons (Fsp3) is 0.444. The van der Waals surface area contributed by atoms with Gasteiger partial charge in [-0.25, -0.2) is 19.0 Å². The average molecular weight is 574 g/mol. The molecule has 1 N–H and O–H groups in total. The van der Waals surface area contributed by atoms with Crippen LogP contribution in [0.4, 0.5) is 34.3 Å². The summed E-state index contributed by atoms with van der Waals surface area (Å²) in [6, 6.07) is 7.85. The van der Waals surface area contributed by atoms with Gasteiger partial charge in [-0.1, -0.05) is 12.1 Å². The SMILES string of the molecule is Cn1cnnc1C(F)(F)C(C)(F)c1cccc(NC(=O)N2CC3(CN(C(=O)OC(C)(C)C)C3)Oc3cccnc32)c1. The van der Waals surface area contributed by atoms with Crippen molar-refractivity contribution in [3.63, 3.8) is 0 Å². The third-order valence-electron chi connectivity index (χ3n) is 6.87. The van der Waals surface area contributed by atoms with E-state index < -0.39 is 40.7 Å². The number of carbonyl (C=O) groups excluding carboxylic acids is 2. The van der Waals surface area contributed by atoms with E-state index in [2.05, 4.69) is 20.5 Å². The van der Waals surface area contributed by atoms with E-state index in [1.165, 1.54) is 41.2 Å². The van der Waals surface area contributed by atoms with Crippen molar-refractivity contribution in [2.75, 3.05) is 29.9 Å². The summed E-state index contributed by atoms with van der Waals surface area (Å²) < 4.78 is 58.7. The molecule has 14 heteroatoms. The Labute approximate surface area is 234 Å². The number of anilines is 2. The van der Waals surface area contributed by atoms with Gasteiger partial charge in [0.15, 0.2) is 17.2 Å². The van der Waals surface area contributed by atoms with Crippen LogP contribution < -0.4 is 15.0 Å². The number of hydrogen-bond donors (Lipinski definition) is 1. The molecule has 0 aliphatic carbocycles. The smallest absolute Gasteiger partial charge is 0.410 e. The first kappa shape index (κ1) is 28.2. The normalized spacial score (nSPS) is 17.7. The first-order valence-electron chi connectivity index (χ1n) is 12.8. The van der Waals surface area contributed by atoms with E-state index in [4.69, 9.17) is 9.47 Å². The van der Waals surface area contributed by atoms with Gasteiger partial charge >= 0.3 is 18.0 Å². The Bertz CT molecular complexity index is 1480. The molecular formula is C27H30F3N7O4. The molecule has 5 rings (SSSR count). The van der Waals surface area contributed by atoms with Crippen molar-refractivity contribution in [3.8, 4) is 5.75 Å². The molecule has 0 bridgehead atoms. The lowest BCUT2D eigenvalue weighted by Crippen LogP contribution is -2.72. The first-order valence-corrected chi connectivity index (χ1v) is 12.8. The van der Waals surface area contributed by atoms with Crippen molar-refractivity contribution >= 4 is 23.6 Å². The van der Waals surface area contributed by atoms with Gasteiger partial charge in [0.2, 0.25) is 11.5 Å². The number of benzene rings is 1. The zero-order valence-electron chi connectivity index (χ0n) is 23.2. The van der Waals surface area contributed by atoms with Crippen molar-refractivity contribution in [1.82, 2.24) is 24.6 Å². The molecule has 11 nitrogen and oxygen atoms in total. The van der Waals surface area contributed by atoms with E-state index in [-0.39, 0.29) is 36.7 Å². The molecule has 1 fully saturated rings. The Balaban J connectivity index is 1.36. The molecule has 1 atom stereocenters. The molecule has 2 aromatic heterocycles. The maximum atomic E-state index is 15.7. The van der Waals surface area contributed by atoms with Crippen molar-refractivity contribution in [2.45, 2.75) is 50.5 Å². The van der Waals surface area contributed by atoms with E-state index in [1.54, 1.807) is 32.9 Å². The monoisotopic (exact) mass is 573 g/mol. The average Bonchev–Trinajstić information content (AvgIpc) is 3.32. The van der Waals surface area contributed by atoms with Crippen LogP contribution in [0.15, 0.2) is 48.9 Å². The molecule has 1 saturated heterocycles. The molecule has 218 valence electrons. The highest BCUT2D eigenvalue weighted by Crippen LogP contribution is 2.48. The number of nitrogens with one attached hydrogen (secondary N) is 1. The topological polar surface area (TPSA) is 115 Å². The van der Waals surface area contributed by atoms with E-state index in [0.29, 0.717) is 5.75 Å². The van der Waals surface area contributed by atoms with Crippen LogP contribution in [-0.4, -0.2) is 67.6 Å². The van der Waals surface area contributed by atoms with Gasteiger partial charge in [0, 0.05) is 18.9 Å². The Kier molecular flexibility index (Phi) is 6.62. The van der Waals surface area contributed by atoms with Crippen LogP contribution in [0.3, 0.4) is 0 Å². The molecule has 4 heterocycles. The molecule has 3 aromatic rings. The number of rotatable bonds is 4. The molecule has 1 aromatic carbocycles. The Hall–Kier alpha value is -4.36. The van der Waals surface area contributed by atoms with Gasteiger partial charge in [-0.2, -0.15) is 8.78 Å². The quantitative estimate of drug-likeness (QED) is 0.485. The number of aromatic nitrogens is 4. The number of carbonyl (C=O) groups is 2. The molecule has 1 unspecified atom stereocenters. The molecule has 2 aliphatic heterocycles. The number of aryl methyl sites for hydroxylation is 1. The molecule has 1 spiro atoms. The number of pyridine rings is 1. The summed E-state index contributed by atoms with van der Waals surface area (Å²) >= 11 is 0. The summed E-state index contributed by atoms with van der Waals surface area (Å²) in [5.74, 6) is -4.28. The predicted octanol–water partition coefficient (Wildman–Crippen LogP) is 4.61. The van der Waals surface area contributed by atoms with Gasteiger partial charge in [0.25, 0.3) is 0 Å². The van der Waals surface area contributed by atoms with Crippen molar-refractivity contribution < 1.29 is 32.2 Å². The van der Waals surface area contributed by atoms with Crippen LogP contribution in [0.2, 0.25) is 0 Å². The standard InChI is InChI=1S/C27H30F3N7O4/c1-24(2,3)41-23(39)36-13-26(14-36)15-37(20-19(40-26)10-7-11-31-20)22(38)33-18-9-6-8-17(12-18)25(4,28)27(29,30)21-34-32-16-35(21)5/h6-12,16H,13-15H2,1-5H3,(H,33,38). The van der Waals surface area contributed by atoms with Gasteiger partial charge in [0.05, 0.1) is 19.6 Å². The number of alkyl halides is 3. The van der Waals surface area contributed by atoms with Gasteiger partial charge in [-0.3, -0.25) is 9.80 Å². The van der Waals surface area contributed by atoms with E-state index >= 15 is 13.2 Å². The van der Waals surface area contributed by atoms with Gasteiger partial charge in [-0.05, 0) is 57.5 Å². The van der Waals surface area contributed by atoms with Crippen molar-refractivity contribution in [2.24, 2.45) is 7.05 Å². The fourth-order valence-electron chi connectivity index (χ4n) is 4.77. The molecule has 0 radical (unpaired) electrons. The van der Waals surface area contributed by atoms with Crippen LogP contribution in [0, 0.1) is 0 Å². The number of hydrogen-bond acceptors (Lipinski definition) is 7. The second-order valence-corrected chi connectivity index (χ2v) is 11.4. The Morgan fingerprint density at radius 2 is 1.80 bits per heavy atom. The second kappa shape index (κ2) is 9.63. The summed E-state index contributed by atoms with van der Waals surface area (Å²) in [5.41, 5.74) is -5.03. The minimum absolute atomic E-state index is 0.0485. The second-order valence-electron chi connectivity index (χ2n) is 11.4. The van der Waals surface area contributed by atoms with Crippen LogP contribution in [0.1, 0.15) is 39.1 Å². The summed E-state index contributed by atoms with van der Waals surface area (Å²) in [7, 11) is 1.30. The maximum Gasteiger partial charge on any atom is 0.410 e. The van der Waals surface area contributed by atoms with Crippen LogP contribution >= 0.6 is 0 Å². The Morgan fingerprint density at radius 3 is 2.46 bits per heavy atom. The molecule has 41 heavy (non-hydrogen) atoms. The lowest BCUT2D eigenvalue weighted by molar-refractivity contribution is -0.149. The van der Waals surface area contributed by atoms with E-state index in [9.17, 15) is 9.59 Å². The van der Waals surface area contributed by atoms with Crippen LogP contribution in [0.5, 0.6) is 5.75 Å². The van der Waals surface area contributed by atoms with E-state index in [0.717, 1.165) is 23.9 Å². The highest BCUT2D eigenvalue weighted by molar-refractivity contribution is 6.02. The third kappa shape index (κ3) is 5.13. The number of likely N-dealkylation sites (tertiary alicyclic amines) is 1. The maximum absolute atomic E-state index is 15.7. The minimum atomic E-state index is -4.02. The summed E-state index contributed by atoms with van der Waals surface area (Å²) in [6.07, 6.45) is 2.06. The molecule has 2 aliphatic rings. The van der Waals surface area contributed by atoms with E-state index in [1.807, 2.05) is 0 Å². The van der Waals surface area contributed by atoms with Crippen molar-refractivity contribution in [1.29, 1.82) is 0 Å². The molecule has 3 amide bonds. The highest BCUT2D eigenvalue weighted by Gasteiger charge is 2.57. The number of ether oxygens (including phenoxy) is 2. The number of urea groups is 1. The number of nitrogens with zero attached hydrogens (tertiary/aromatic N) is 6. The van der Waals surface area contributed by atoms with Gasteiger partial charge in [-0.15, -0.1) is 10.2 Å². The lowest BCUT2D eigenvalue weighted by Gasteiger charge is -2.52. The molecule has 0 saturated carbocycles. The van der Waals surface area contributed by atoms with Gasteiger partial charge < -0.3 is 19.4 Å². The number of halogens is 3. The van der Waals surface area contributed by atoms with Gasteiger partial charge in [0.1, 0.15) is 11.9 Å². The largest absolute Gasteiger partial charge is 0.478 e. The number of amides is 3. The highest BCUT2D eigenvalue weighted by atomic mass is 19.3. The van der Waals surface area contributed by atoms with Crippen LogP contribution in [-0.2, 0) is 23.4 Å². The van der Waals surface area contributed by atoms with Crippen molar-refractivity contribution in [3.05, 3.63) is 60.3 Å². The Morgan fingerprint density at radius 1 is 1.07 bits per heavy atom. The third-order valence-corrected chi connectivity index (χ3v) is 6.87. The fourth-order valence-corrected chi connectivity index (χ4v) is 4.77. The minimum Gasteiger partial charge on any atom is -0.478 e. The summed E-state index contributed by atoms with van der Waals surface area (Å²) in [6.45, 7) is 6.45. The predicted molar refractivity (Wildman–Crippen MR) is 142 cm³/mol.